The summed E-state index contributed by atoms with van der Waals surface area (Å²) in [6.45, 7) is 5.84. The van der Waals surface area contributed by atoms with Crippen molar-refractivity contribution in [2.24, 2.45) is 0 Å². The van der Waals surface area contributed by atoms with Crippen molar-refractivity contribution < 1.29 is 9.53 Å². The lowest BCUT2D eigenvalue weighted by Gasteiger charge is -2.18. The first-order valence-electron chi connectivity index (χ1n) is 7.30. The summed E-state index contributed by atoms with van der Waals surface area (Å²) in [5.74, 6) is 0.536. The van der Waals surface area contributed by atoms with Crippen LogP contribution >= 0.6 is 11.6 Å². The molecule has 4 heteroatoms. The number of rotatable bonds is 5. The zero-order chi connectivity index (χ0) is 16.1. The number of amides is 1. The molecule has 0 aliphatic carbocycles. The van der Waals surface area contributed by atoms with Crippen LogP contribution < -0.4 is 10.1 Å². The molecular formula is C18H20ClNO2. The number of carbonyl (C=O) groups excluding carboxylic acids is 1. The van der Waals surface area contributed by atoms with E-state index in [-0.39, 0.29) is 5.91 Å². The molecule has 2 aromatic carbocycles. The molecular weight excluding hydrogens is 298 g/mol. The first-order valence-corrected chi connectivity index (χ1v) is 7.67. The summed E-state index contributed by atoms with van der Waals surface area (Å²) in [7, 11) is 0. The van der Waals surface area contributed by atoms with Gasteiger partial charge in [-0.1, -0.05) is 36.2 Å². The highest BCUT2D eigenvalue weighted by Gasteiger charge is 2.19. The quantitative estimate of drug-likeness (QED) is 0.864. The van der Waals surface area contributed by atoms with Crippen LogP contribution in [0.15, 0.2) is 42.5 Å². The van der Waals surface area contributed by atoms with Crippen LogP contribution in [0.5, 0.6) is 5.75 Å². The summed E-state index contributed by atoms with van der Waals surface area (Å²) in [4.78, 5) is 12.4. The number of anilines is 1. The Balaban J connectivity index is 2.06. The number of halogens is 1. The van der Waals surface area contributed by atoms with Gasteiger partial charge in [0, 0.05) is 10.7 Å². The number of hydrogen-bond acceptors (Lipinski definition) is 2. The van der Waals surface area contributed by atoms with Crippen molar-refractivity contribution in [2.45, 2.75) is 33.3 Å². The fourth-order valence-corrected chi connectivity index (χ4v) is 2.31. The Hall–Kier alpha value is -2.00. The van der Waals surface area contributed by atoms with E-state index in [9.17, 15) is 4.79 Å². The Bertz CT molecular complexity index is 653. The molecule has 0 bridgehead atoms. The van der Waals surface area contributed by atoms with Crippen molar-refractivity contribution >= 4 is 23.2 Å². The van der Waals surface area contributed by atoms with Gasteiger partial charge in [-0.2, -0.15) is 0 Å². The van der Waals surface area contributed by atoms with Gasteiger partial charge in [-0.15, -0.1) is 0 Å². The molecule has 0 aliphatic heterocycles. The van der Waals surface area contributed by atoms with E-state index in [1.54, 1.807) is 12.1 Å². The lowest BCUT2D eigenvalue weighted by Crippen LogP contribution is -2.32. The lowest BCUT2D eigenvalue weighted by molar-refractivity contribution is -0.122. The second kappa shape index (κ2) is 7.32. The van der Waals surface area contributed by atoms with Gasteiger partial charge in [0.1, 0.15) is 5.75 Å². The van der Waals surface area contributed by atoms with Crippen LogP contribution in [0.1, 0.15) is 24.5 Å². The van der Waals surface area contributed by atoms with Crippen molar-refractivity contribution in [1.29, 1.82) is 0 Å². The second-order valence-electron chi connectivity index (χ2n) is 5.28. The minimum Gasteiger partial charge on any atom is -0.481 e. The summed E-state index contributed by atoms with van der Waals surface area (Å²) >= 11 is 5.93. The molecule has 116 valence electrons. The highest BCUT2D eigenvalue weighted by atomic mass is 35.5. The first kappa shape index (κ1) is 16.4. The number of aryl methyl sites for hydroxylation is 2. The van der Waals surface area contributed by atoms with Gasteiger partial charge in [0.25, 0.3) is 5.91 Å². The maximum Gasteiger partial charge on any atom is 0.265 e. The Morgan fingerprint density at radius 2 is 1.86 bits per heavy atom. The van der Waals surface area contributed by atoms with Gasteiger partial charge in [0.2, 0.25) is 0 Å². The Morgan fingerprint density at radius 1 is 1.18 bits per heavy atom. The monoisotopic (exact) mass is 317 g/mol. The topological polar surface area (TPSA) is 38.3 Å². The normalized spacial score (nSPS) is 11.8. The van der Waals surface area contributed by atoms with Crippen LogP contribution in [0.3, 0.4) is 0 Å². The molecule has 3 nitrogen and oxygen atoms in total. The standard InChI is InChI=1S/C18H20ClNO2/c1-4-17(22-15-8-5-12(2)6-9-15)18(21)20-16-10-7-14(19)11-13(16)3/h5-11,17H,4H2,1-3H3,(H,20,21). The molecule has 1 unspecified atom stereocenters. The van der Waals surface area contributed by atoms with Crippen molar-refractivity contribution in [3.63, 3.8) is 0 Å². The maximum absolute atomic E-state index is 12.4. The third kappa shape index (κ3) is 4.25. The fraction of sp³-hybridized carbons (Fsp3) is 0.278. The molecule has 2 rings (SSSR count). The number of ether oxygens (including phenoxy) is 1. The first-order chi connectivity index (χ1) is 10.5. The van der Waals surface area contributed by atoms with Gasteiger partial charge in [-0.05, 0) is 56.2 Å². The molecule has 0 fully saturated rings. The number of nitrogens with one attached hydrogen (secondary N) is 1. The highest BCUT2D eigenvalue weighted by Crippen LogP contribution is 2.21. The lowest BCUT2D eigenvalue weighted by atomic mass is 10.2. The Labute approximate surface area is 136 Å². The van der Waals surface area contributed by atoms with Gasteiger partial charge in [-0.25, -0.2) is 0 Å². The van der Waals surface area contributed by atoms with Gasteiger partial charge in [0.15, 0.2) is 6.10 Å². The minimum atomic E-state index is -0.530. The van der Waals surface area contributed by atoms with Crippen molar-refractivity contribution in [2.75, 3.05) is 5.32 Å². The fourth-order valence-electron chi connectivity index (χ4n) is 2.08. The smallest absolute Gasteiger partial charge is 0.265 e. The SMILES string of the molecule is CCC(Oc1ccc(C)cc1)C(=O)Nc1ccc(Cl)cc1C. The summed E-state index contributed by atoms with van der Waals surface area (Å²) in [5, 5.41) is 3.55. The summed E-state index contributed by atoms with van der Waals surface area (Å²) in [6, 6.07) is 13.0. The Kier molecular flexibility index (Phi) is 5.45. The van der Waals surface area contributed by atoms with E-state index in [2.05, 4.69) is 5.32 Å². The third-order valence-corrected chi connectivity index (χ3v) is 3.64. The molecule has 0 saturated heterocycles. The van der Waals surface area contributed by atoms with Crippen LogP contribution in [0, 0.1) is 13.8 Å². The minimum absolute atomic E-state index is 0.159. The van der Waals surface area contributed by atoms with E-state index in [4.69, 9.17) is 16.3 Å². The van der Waals surface area contributed by atoms with Crippen LogP contribution in [0.25, 0.3) is 0 Å². The molecule has 1 atom stereocenters. The zero-order valence-corrected chi connectivity index (χ0v) is 13.8. The van der Waals surface area contributed by atoms with Crippen molar-refractivity contribution in [3.8, 4) is 5.75 Å². The second-order valence-corrected chi connectivity index (χ2v) is 5.71. The third-order valence-electron chi connectivity index (χ3n) is 3.41. The predicted molar refractivity (Wildman–Crippen MR) is 90.7 cm³/mol. The van der Waals surface area contributed by atoms with E-state index in [1.165, 1.54) is 0 Å². The summed E-state index contributed by atoms with van der Waals surface area (Å²) < 4.78 is 5.78. The molecule has 0 saturated carbocycles. The molecule has 0 spiro atoms. The Morgan fingerprint density at radius 3 is 2.45 bits per heavy atom. The zero-order valence-electron chi connectivity index (χ0n) is 13.0. The average molecular weight is 318 g/mol. The highest BCUT2D eigenvalue weighted by molar-refractivity contribution is 6.30. The van der Waals surface area contributed by atoms with Gasteiger partial charge >= 0.3 is 0 Å². The van der Waals surface area contributed by atoms with Crippen LogP contribution in [0.4, 0.5) is 5.69 Å². The molecule has 0 radical (unpaired) electrons. The summed E-state index contributed by atoms with van der Waals surface area (Å²) in [5.41, 5.74) is 2.83. The molecule has 1 N–H and O–H groups in total. The molecule has 2 aromatic rings. The van der Waals surface area contributed by atoms with Crippen LogP contribution in [0.2, 0.25) is 5.02 Å². The molecule has 0 aromatic heterocycles. The average Bonchev–Trinajstić information content (AvgIpc) is 2.49. The van der Waals surface area contributed by atoms with E-state index in [0.29, 0.717) is 17.2 Å². The van der Waals surface area contributed by atoms with Gasteiger partial charge < -0.3 is 10.1 Å². The molecule has 0 heterocycles. The van der Waals surface area contributed by atoms with E-state index >= 15 is 0 Å². The van der Waals surface area contributed by atoms with Crippen molar-refractivity contribution in [3.05, 3.63) is 58.6 Å². The van der Waals surface area contributed by atoms with Crippen molar-refractivity contribution in [1.82, 2.24) is 0 Å². The van der Waals surface area contributed by atoms with Crippen LogP contribution in [-0.2, 0) is 4.79 Å². The van der Waals surface area contributed by atoms with E-state index in [1.807, 2.05) is 51.1 Å². The maximum atomic E-state index is 12.4. The predicted octanol–water partition coefficient (Wildman–Crippen LogP) is 4.75. The van der Waals surface area contributed by atoms with Crippen LogP contribution in [-0.4, -0.2) is 12.0 Å². The number of benzene rings is 2. The van der Waals surface area contributed by atoms with E-state index < -0.39 is 6.10 Å². The van der Waals surface area contributed by atoms with E-state index in [0.717, 1.165) is 16.8 Å². The summed E-state index contributed by atoms with van der Waals surface area (Å²) in [6.07, 6.45) is 0.0598. The molecule has 1 amide bonds. The number of hydrogen-bond donors (Lipinski definition) is 1. The number of carbonyl (C=O) groups is 1. The molecule has 22 heavy (non-hydrogen) atoms. The largest absolute Gasteiger partial charge is 0.481 e. The van der Waals surface area contributed by atoms with Gasteiger partial charge in [0.05, 0.1) is 0 Å². The molecule has 0 aliphatic rings. The van der Waals surface area contributed by atoms with Gasteiger partial charge in [-0.3, -0.25) is 4.79 Å².